The number of hydrogen-bond donors (Lipinski definition) is 3. The van der Waals surface area contributed by atoms with E-state index in [2.05, 4.69) is 16.0 Å². The second kappa shape index (κ2) is 22.3. The third kappa shape index (κ3) is 12.5. The normalized spacial score (nSPS) is 22.8. The number of benzene rings is 1. The van der Waals surface area contributed by atoms with E-state index in [-0.39, 0.29) is 36.4 Å². The van der Waals surface area contributed by atoms with E-state index in [0.29, 0.717) is 38.8 Å². The molecule has 0 aliphatic carbocycles. The highest BCUT2D eigenvalue weighted by molar-refractivity contribution is 5.95. The predicted molar refractivity (Wildman–Crippen MR) is 232 cm³/mol. The molecule has 4 amide bonds. The zero-order valence-corrected chi connectivity index (χ0v) is 39.1. The fourth-order valence-corrected chi connectivity index (χ4v) is 8.96. The van der Waals surface area contributed by atoms with E-state index in [0.717, 1.165) is 18.4 Å². The molecule has 3 N–H and O–H groups in total. The van der Waals surface area contributed by atoms with Gasteiger partial charge in [0.05, 0.1) is 31.3 Å². The van der Waals surface area contributed by atoms with Crippen LogP contribution in [0, 0.1) is 17.8 Å². The maximum atomic E-state index is 14.8. The van der Waals surface area contributed by atoms with Crippen LogP contribution in [-0.4, -0.2) is 134 Å². The Balaban J connectivity index is 1.89. The van der Waals surface area contributed by atoms with Crippen LogP contribution in [0.2, 0.25) is 0 Å². The SMILES string of the molecule is CC[C@H](C)[C@@H]([C@@H](CC(=O)[C@@]1([C@H](OC)[C@@H](C)C(=O)N[C@@H](Cc2ccccc2)C(=O)OC)CCCN1)OC)N(C)C(=O)[C@@H](NC(=O)[C@@]1(C)CCCCN1C(=O)OC(C)(C)C)C(C)C. The van der Waals surface area contributed by atoms with Gasteiger partial charge in [0.2, 0.25) is 17.7 Å². The Bertz CT molecular complexity index is 1640. The minimum absolute atomic E-state index is 0.106. The molecule has 0 saturated carbocycles. The van der Waals surface area contributed by atoms with Gasteiger partial charge in [0.25, 0.3) is 0 Å². The van der Waals surface area contributed by atoms with Gasteiger partial charge in [0, 0.05) is 40.7 Å². The van der Waals surface area contributed by atoms with Gasteiger partial charge in [-0.3, -0.25) is 24.1 Å². The van der Waals surface area contributed by atoms with Crippen molar-refractivity contribution in [2.24, 2.45) is 17.8 Å². The summed E-state index contributed by atoms with van der Waals surface area (Å²) in [5.74, 6) is -3.41. The Morgan fingerprint density at radius 2 is 1.57 bits per heavy atom. The maximum absolute atomic E-state index is 14.8. The van der Waals surface area contributed by atoms with E-state index in [1.807, 2.05) is 58.0 Å². The summed E-state index contributed by atoms with van der Waals surface area (Å²) >= 11 is 0. The zero-order chi connectivity index (χ0) is 45.9. The van der Waals surface area contributed by atoms with Crippen molar-refractivity contribution < 1.29 is 47.7 Å². The van der Waals surface area contributed by atoms with Crippen LogP contribution in [0.5, 0.6) is 0 Å². The van der Waals surface area contributed by atoms with Crippen molar-refractivity contribution in [1.29, 1.82) is 0 Å². The molecule has 0 unspecified atom stereocenters. The number of likely N-dealkylation sites (N-methyl/N-ethyl adjacent to an activating group) is 1. The standard InChI is InChI=1S/C46H75N5O10/c1-14-30(4)37(50(10)40(54)36(29(2)3)49-42(56)45(9)23-18-19-26-51(45)43(57)61-44(6,7)8)34(58-11)28-35(52)46(24-20-25-47-46)38(59-12)31(5)39(53)48-33(41(55)60-13)27-32-21-16-15-17-22-32/h15-17,21-22,29-31,33-34,36-38,47H,14,18-20,23-28H2,1-13H3,(H,48,53)(H,49,56)/t30-,31+,33-,34+,36-,37-,38+,45+,46+/m0/s1. The summed E-state index contributed by atoms with van der Waals surface area (Å²) < 4.78 is 22.8. The zero-order valence-electron chi connectivity index (χ0n) is 39.1. The molecule has 3 rings (SSSR count). The lowest BCUT2D eigenvalue weighted by molar-refractivity contribution is -0.149. The first kappa shape index (κ1) is 51.3. The average molecular weight is 858 g/mol. The number of hydrogen-bond acceptors (Lipinski definition) is 11. The third-order valence-electron chi connectivity index (χ3n) is 12.7. The number of carbonyl (C=O) groups is 6. The molecular weight excluding hydrogens is 783 g/mol. The number of carbonyl (C=O) groups excluding carboxylic acids is 6. The summed E-state index contributed by atoms with van der Waals surface area (Å²) in [6.45, 7) is 17.3. The van der Waals surface area contributed by atoms with E-state index >= 15 is 0 Å². The number of nitrogens with one attached hydrogen (secondary N) is 3. The van der Waals surface area contributed by atoms with E-state index in [1.54, 1.807) is 46.6 Å². The Morgan fingerprint density at radius 1 is 0.918 bits per heavy atom. The lowest BCUT2D eigenvalue weighted by atomic mass is 9.76. The fraction of sp³-hybridized carbons (Fsp3) is 0.739. The first-order valence-corrected chi connectivity index (χ1v) is 22.0. The number of ether oxygens (including phenoxy) is 4. The quantitative estimate of drug-likeness (QED) is 0.153. The first-order valence-electron chi connectivity index (χ1n) is 22.0. The lowest BCUT2D eigenvalue weighted by Gasteiger charge is -2.45. The average Bonchev–Trinajstić information content (AvgIpc) is 3.72. The number of rotatable bonds is 20. The van der Waals surface area contributed by atoms with Gasteiger partial charge < -0.3 is 39.8 Å². The minimum atomic E-state index is -1.27. The molecule has 0 radical (unpaired) electrons. The summed E-state index contributed by atoms with van der Waals surface area (Å²) in [6, 6.07) is 6.79. The number of Topliss-reactive ketones (excluding diaryl/α,β-unsaturated/α-hetero) is 1. The molecule has 15 nitrogen and oxygen atoms in total. The molecule has 15 heteroatoms. The molecule has 2 heterocycles. The smallest absolute Gasteiger partial charge is 0.411 e. The van der Waals surface area contributed by atoms with Crippen molar-refractivity contribution in [2.75, 3.05) is 41.5 Å². The van der Waals surface area contributed by atoms with Crippen molar-refractivity contribution >= 4 is 35.6 Å². The summed E-state index contributed by atoms with van der Waals surface area (Å²) in [4.78, 5) is 86.9. The third-order valence-corrected chi connectivity index (χ3v) is 12.7. The molecule has 344 valence electrons. The topological polar surface area (TPSA) is 182 Å². The van der Waals surface area contributed by atoms with E-state index in [4.69, 9.17) is 18.9 Å². The van der Waals surface area contributed by atoms with Crippen molar-refractivity contribution in [3.63, 3.8) is 0 Å². The first-order chi connectivity index (χ1) is 28.6. The second-order valence-corrected chi connectivity index (χ2v) is 18.5. The number of piperidine rings is 1. The van der Waals surface area contributed by atoms with Gasteiger partial charge in [-0.1, -0.05) is 71.4 Å². The molecule has 0 bridgehead atoms. The van der Waals surface area contributed by atoms with E-state index in [1.165, 1.54) is 26.2 Å². The van der Waals surface area contributed by atoms with Gasteiger partial charge in [-0.25, -0.2) is 9.59 Å². The molecule has 61 heavy (non-hydrogen) atoms. The molecule has 1 aromatic rings. The minimum Gasteiger partial charge on any atom is -0.467 e. The largest absolute Gasteiger partial charge is 0.467 e. The Morgan fingerprint density at radius 3 is 2.10 bits per heavy atom. The molecule has 2 aliphatic heterocycles. The number of nitrogens with zero attached hydrogens (tertiary/aromatic N) is 2. The highest BCUT2D eigenvalue weighted by atomic mass is 16.6. The molecular formula is C46H75N5O10. The van der Waals surface area contributed by atoms with Gasteiger partial charge in [-0.2, -0.15) is 0 Å². The van der Waals surface area contributed by atoms with Crippen molar-refractivity contribution in [3.05, 3.63) is 35.9 Å². The highest BCUT2D eigenvalue weighted by Crippen LogP contribution is 2.35. The molecule has 0 spiro atoms. The van der Waals surface area contributed by atoms with Gasteiger partial charge >= 0.3 is 12.1 Å². The summed E-state index contributed by atoms with van der Waals surface area (Å²) in [6.07, 6.45) is 1.42. The van der Waals surface area contributed by atoms with Crippen molar-refractivity contribution in [3.8, 4) is 0 Å². The van der Waals surface area contributed by atoms with Gasteiger partial charge in [0.1, 0.15) is 28.8 Å². The number of amides is 4. The maximum Gasteiger partial charge on any atom is 0.411 e. The van der Waals surface area contributed by atoms with E-state index < -0.39 is 76.8 Å². The van der Waals surface area contributed by atoms with Crippen molar-refractivity contribution in [2.45, 2.75) is 161 Å². The van der Waals surface area contributed by atoms with E-state index in [9.17, 15) is 28.8 Å². The monoisotopic (exact) mass is 858 g/mol. The van der Waals surface area contributed by atoms with Gasteiger partial charge in [-0.05, 0) is 83.7 Å². The van der Waals surface area contributed by atoms with Crippen LogP contribution in [-0.2, 0) is 49.3 Å². The lowest BCUT2D eigenvalue weighted by Crippen LogP contribution is -2.65. The Kier molecular flexibility index (Phi) is 18.8. The van der Waals surface area contributed by atoms with Crippen LogP contribution in [0.15, 0.2) is 30.3 Å². The Labute approximate surface area is 364 Å². The summed E-state index contributed by atoms with van der Waals surface area (Å²) in [7, 11) is 5.93. The predicted octanol–water partition coefficient (Wildman–Crippen LogP) is 4.83. The van der Waals surface area contributed by atoms with Crippen LogP contribution >= 0.6 is 0 Å². The van der Waals surface area contributed by atoms with Gasteiger partial charge in [0.15, 0.2) is 5.78 Å². The number of esters is 1. The van der Waals surface area contributed by atoms with Crippen LogP contribution < -0.4 is 16.0 Å². The molecule has 2 saturated heterocycles. The number of ketones is 1. The molecule has 2 fully saturated rings. The van der Waals surface area contributed by atoms with Crippen LogP contribution in [0.4, 0.5) is 4.79 Å². The van der Waals surface area contributed by atoms with Gasteiger partial charge in [-0.15, -0.1) is 0 Å². The highest BCUT2D eigenvalue weighted by Gasteiger charge is 2.53. The van der Waals surface area contributed by atoms with Crippen LogP contribution in [0.25, 0.3) is 0 Å². The van der Waals surface area contributed by atoms with Crippen LogP contribution in [0.3, 0.4) is 0 Å². The second-order valence-electron chi connectivity index (χ2n) is 18.5. The van der Waals surface area contributed by atoms with Crippen LogP contribution in [0.1, 0.15) is 113 Å². The Hall–Kier alpha value is -4.08. The molecule has 9 atom stereocenters. The summed E-state index contributed by atoms with van der Waals surface area (Å²) in [5.41, 5.74) is -2.41. The number of likely N-dealkylation sites (tertiary alicyclic amines) is 1. The fourth-order valence-electron chi connectivity index (χ4n) is 8.96. The molecule has 2 aliphatic rings. The summed E-state index contributed by atoms with van der Waals surface area (Å²) in [5, 5.41) is 9.26. The number of methoxy groups -OCH3 is 3. The molecule has 0 aromatic heterocycles. The molecule has 1 aromatic carbocycles. The van der Waals surface area contributed by atoms with Crippen molar-refractivity contribution in [1.82, 2.24) is 25.8 Å².